The summed E-state index contributed by atoms with van der Waals surface area (Å²) in [4.78, 5) is 2.42. The number of aliphatic hydroxyl groups is 1. The number of halogens is 1. The zero-order valence-corrected chi connectivity index (χ0v) is 13.2. The summed E-state index contributed by atoms with van der Waals surface area (Å²) in [5, 5.41) is 10.9. The van der Waals surface area contributed by atoms with E-state index in [0.29, 0.717) is 17.0 Å². The van der Waals surface area contributed by atoms with Crippen LogP contribution in [0.2, 0.25) is 5.02 Å². The Kier molecular flexibility index (Phi) is 6.84. The zero-order valence-electron chi connectivity index (χ0n) is 12.4. The van der Waals surface area contributed by atoms with Crippen LogP contribution in [0.5, 0.6) is 0 Å². The molecule has 1 aromatic rings. The molecule has 0 heterocycles. The Bertz CT molecular complexity index is 379. The molecule has 0 bridgehead atoms. The first-order valence-corrected chi connectivity index (χ1v) is 7.45. The van der Waals surface area contributed by atoms with Crippen molar-refractivity contribution >= 4 is 11.6 Å². The average Bonchev–Trinajstić information content (AvgIpc) is 2.33. The minimum Gasteiger partial charge on any atom is -0.388 e. The third kappa shape index (κ3) is 5.94. The van der Waals surface area contributed by atoms with Gasteiger partial charge in [-0.05, 0) is 43.9 Å². The second kappa shape index (κ2) is 7.88. The molecule has 0 aromatic heterocycles. The predicted octanol–water partition coefficient (Wildman–Crippen LogP) is 4.13. The minimum absolute atomic E-state index is 0.438. The highest BCUT2D eigenvalue weighted by Gasteiger charge is 2.14. The lowest BCUT2D eigenvalue weighted by molar-refractivity contribution is 0.123. The normalized spacial score (nSPS) is 13.5. The Balaban J connectivity index is 2.54. The van der Waals surface area contributed by atoms with E-state index in [9.17, 15) is 5.11 Å². The summed E-state index contributed by atoms with van der Waals surface area (Å²) >= 11 is 5.95. The molecule has 1 atom stereocenters. The van der Waals surface area contributed by atoms with Gasteiger partial charge in [0.05, 0.1) is 6.10 Å². The summed E-state index contributed by atoms with van der Waals surface area (Å²) < 4.78 is 0. The fraction of sp³-hybridized carbons (Fsp3) is 0.625. The zero-order chi connectivity index (χ0) is 14.4. The van der Waals surface area contributed by atoms with Crippen molar-refractivity contribution in [2.24, 2.45) is 5.92 Å². The van der Waals surface area contributed by atoms with Crippen LogP contribution in [0.1, 0.15) is 45.8 Å². The summed E-state index contributed by atoms with van der Waals surface area (Å²) in [7, 11) is 0. The van der Waals surface area contributed by atoms with Gasteiger partial charge in [0.25, 0.3) is 0 Å². The second-order valence-corrected chi connectivity index (χ2v) is 6.28. The van der Waals surface area contributed by atoms with E-state index in [-0.39, 0.29) is 0 Å². The van der Waals surface area contributed by atoms with Crippen LogP contribution in [-0.4, -0.2) is 29.1 Å². The number of benzene rings is 1. The lowest BCUT2D eigenvalue weighted by atomic mass is 10.1. The lowest BCUT2D eigenvalue weighted by Gasteiger charge is -2.29. The Morgan fingerprint density at radius 2 is 1.89 bits per heavy atom. The van der Waals surface area contributed by atoms with Crippen LogP contribution in [0.4, 0.5) is 0 Å². The molecule has 108 valence electrons. The largest absolute Gasteiger partial charge is 0.388 e. The van der Waals surface area contributed by atoms with Gasteiger partial charge in [-0.2, -0.15) is 0 Å². The molecule has 0 aliphatic rings. The highest BCUT2D eigenvalue weighted by molar-refractivity contribution is 6.30. The third-order valence-corrected chi connectivity index (χ3v) is 3.49. The predicted molar refractivity (Wildman–Crippen MR) is 82.6 cm³/mol. The molecule has 3 heteroatoms. The van der Waals surface area contributed by atoms with E-state index in [1.165, 1.54) is 0 Å². The topological polar surface area (TPSA) is 23.5 Å². The molecule has 0 fully saturated rings. The summed E-state index contributed by atoms with van der Waals surface area (Å²) in [6.45, 7) is 10.8. The molecule has 0 spiro atoms. The molecular weight excluding hydrogens is 258 g/mol. The van der Waals surface area contributed by atoms with Gasteiger partial charge < -0.3 is 10.0 Å². The maximum atomic E-state index is 10.2. The first-order valence-electron chi connectivity index (χ1n) is 7.07. The van der Waals surface area contributed by atoms with Crippen molar-refractivity contribution in [2.75, 3.05) is 13.1 Å². The van der Waals surface area contributed by atoms with E-state index in [0.717, 1.165) is 25.1 Å². The first-order chi connectivity index (χ1) is 8.90. The number of aliphatic hydroxyl groups excluding tert-OH is 1. The van der Waals surface area contributed by atoms with Crippen LogP contribution >= 0.6 is 11.6 Å². The number of hydrogen-bond donors (Lipinski definition) is 1. The van der Waals surface area contributed by atoms with Crippen molar-refractivity contribution in [2.45, 2.75) is 46.3 Å². The summed E-state index contributed by atoms with van der Waals surface area (Å²) in [6.07, 6.45) is 0.303. The van der Waals surface area contributed by atoms with Gasteiger partial charge in [0, 0.05) is 24.2 Å². The molecule has 1 unspecified atom stereocenters. The Morgan fingerprint density at radius 3 is 2.42 bits per heavy atom. The van der Waals surface area contributed by atoms with Crippen LogP contribution in [0.15, 0.2) is 24.3 Å². The molecule has 0 radical (unpaired) electrons. The van der Waals surface area contributed by atoms with Crippen LogP contribution in [0, 0.1) is 5.92 Å². The van der Waals surface area contributed by atoms with Gasteiger partial charge in [-0.25, -0.2) is 0 Å². The van der Waals surface area contributed by atoms with Gasteiger partial charge in [0.2, 0.25) is 0 Å². The number of rotatable bonds is 7. The second-order valence-electron chi connectivity index (χ2n) is 5.84. The van der Waals surface area contributed by atoms with Crippen molar-refractivity contribution in [3.8, 4) is 0 Å². The maximum Gasteiger partial charge on any atom is 0.0802 e. The van der Waals surface area contributed by atoms with Crippen LogP contribution in [0.3, 0.4) is 0 Å². The Hall–Kier alpha value is -0.570. The van der Waals surface area contributed by atoms with Crippen molar-refractivity contribution in [3.63, 3.8) is 0 Å². The molecule has 2 nitrogen and oxygen atoms in total. The van der Waals surface area contributed by atoms with Crippen molar-refractivity contribution in [3.05, 3.63) is 34.9 Å². The SMILES string of the molecule is CC(C)CN(CCC(O)c1cccc(Cl)c1)C(C)C. The molecule has 0 aliphatic heterocycles. The van der Waals surface area contributed by atoms with E-state index < -0.39 is 6.10 Å². The molecule has 1 N–H and O–H groups in total. The molecule has 0 saturated heterocycles. The van der Waals surface area contributed by atoms with E-state index in [1.807, 2.05) is 24.3 Å². The van der Waals surface area contributed by atoms with Crippen LogP contribution in [-0.2, 0) is 0 Å². The molecular formula is C16H26ClNO. The smallest absolute Gasteiger partial charge is 0.0802 e. The third-order valence-electron chi connectivity index (χ3n) is 3.25. The monoisotopic (exact) mass is 283 g/mol. The lowest BCUT2D eigenvalue weighted by Crippen LogP contribution is -2.35. The highest BCUT2D eigenvalue weighted by Crippen LogP contribution is 2.21. The molecule has 0 aliphatic carbocycles. The van der Waals surface area contributed by atoms with Gasteiger partial charge in [0.1, 0.15) is 0 Å². The molecule has 0 saturated carbocycles. The Morgan fingerprint density at radius 1 is 1.21 bits per heavy atom. The van der Waals surface area contributed by atoms with E-state index >= 15 is 0 Å². The maximum absolute atomic E-state index is 10.2. The van der Waals surface area contributed by atoms with Gasteiger partial charge in [0.15, 0.2) is 0 Å². The van der Waals surface area contributed by atoms with Gasteiger partial charge in [-0.15, -0.1) is 0 Å². The van der Waals surface area contributed by atoms with Crippen LogP contribution in [0.25, 0.3) is 0 Å². The number of nitrogens with zero attached hydrogens (tertiary/aromatic N) is 1. The van der Waals surface area contributed by atoms with Gasteiger partial charge >= 0.3 is 0 Å². The summed E-state index contributed by atoms with van der Waals surface area (Å²) in [6, 6.07) is 7.99. The van der Waals surface area contributed by atoms with Crippen molar-refractivity contribution in [1.29, 1.82) is 0 Å². The minimum atomic E-state index is -0.438. The summed E-state index contributed by atoms with van der Waals surface area (Å²) in [5.41, 5.74) is 0.903. The average molecular weight is 284 g/mol. The molecule has 19 heavy (non-hydrogen) atoms. The van der Waals surface area contributed by atoms with E-state index in [2.05, 4.69) is 32.6 Å². The molecule has 0 amide bonds. The first kappa shape index (κ1) is 16.5. The van der Waals surface area contributed by atoms with Crippen LogP contribution < -0.4 is 0 Å². The van der Waals surface area contributed by atoms with Gasteiger partial charge in [-0.1, -0.05) is 37.6 Å². The fourth-order valence-corrected chi connectivity index (χ4v) is 2.40. The van der Waals surface area contributed by atoms with Crippen molar-refractivity contribution in [1.82, 2.24) is 4.90 Å². The quantitative estimate of drug-likeness (QED) is 0.813. The van der Waals surface area contributed by atoms with E-state index in [1.54, 1.807) is 0 Å². The Labute approximate surface area is 122 Å². The number of hydrogen-bond acceptors (Lipinski definition) is 2. The van der Waals surface area contributed by atoms with Gasteiger partial charge in [-0.3, -0.25) is 0 Å². The fourth-order valence-electron chi connectivity index (χ4n) is 2.20. The molecule has 1 aromatic carbocycles. The molecule has 1 rings (SSSR count). The highest BCUT2D eigenvalue weighted by atomic mass is 35.5. The standard InChI is InChI=1S/C16H26ClNO/c1-12(2)11-18(13(3)4)9-8-16(19)14-6-5-7-15(17)10-14/h5-7,10,12-13,16,19H,8-9,11H2,1-4H3. The van der Waals surface area contributed by atoms with Crippen molar-refractivity contribution < 1.29 is 5.11 Å². The van der Waals surface area contributed by atoms with E-state index in [4.69, 9.17) is 11.6 Å². The summed E-state index contributed by atoms with van der Waals surface area (Å²) in [5.74, 6) is 0.644.